The minimum Gasteiger partial charge on any atom is -0.355 e. The lowest BCUT2D eigenvalue weighted by Gasteiger charge is -2.21. The van der Waals surface area contributed by atoms with Crippen LogP contribution in [0.25, 0.3) is 0 Å². The second kappa shape index (κ2) is 9.21. The zero-order valence-corrected chi connectivity index (χ0v) is 17.1. The fraction of sp³-hybridized carbons (Fsp3) is 0.227. The number of benzene rings is 1. The van der Waals surface area contributed by atoms with Crippen LogP contribution in [0.5, 0.6) is 0 Å². The van der Waals surface area contributed by atoms with Crippen LogP contribution in [0.2, 0.25) is 0 Å². The Bertz CT molecular complexity index is 1060. The van der Waals surface area contributed by atoms with Gasteiger partial charge in [-0.2, -0.15) is 0 Å². The maximum atomic E-state index is 12.4. The summed E-state index contributed by atoms with van der Waals surface area (Å²) in [4.78, 5) is 36.7. The molecule has 0 saturated carbocycles. The molecular formula is C22H23N7O2. The molecule has 31 heavy (non-hydrogen) atoms. The second-order valence-electron chi connectivity index (χ2n) is 7.26. The van der Waals surface area contributed by atoms with E-state index >= 15 is 0 Å². The molecule has 2 aromatic heterocycles. The fourth-order valence-corrected chi connectivity index (χ4v) is 3.25. The van der Waals surface area contributed by atoms with Gasteiger partial charge >= 0.3 is 0 Å². The molecule has 3 aromatic rings. The van der Waals surface area contributed by atoms with E-state index in [1.54, 1.807) is 12.3 Å². The summed E-state index contributed by atoms with van der Waals surface area (Å²) in [5.74, 6) is 2.30. The van der Waals surface area contributed by atoms with Crippen molar-refractivity contribution in [3.8, 4) is 0 Å². The fourth-order valence-electron chi connectivity index (χ4n) is 3.25. The van der Waals surface area contributed by atoms with Gasteiger partial charge in [0.15, 0.2) is 0 Å². The molecule has 9 nitrogen and oxygen atoms in total. The third-order valence-electron chi connectivity index (χ3n) is 4.82. The summed E-state index contributed by atoms with van der Waals surface area (Å²) in [5, 5.41) is 12.0. The van der Waals surface area contributed by atoms with Crippen LogP contribution >= 0.6 is 0 Å². The number of amides is 2. The molecule has 3 heterocycles. The second-order valence-corrected chi connectivity index (χ2v) is 7.26. The van der Waals surface area contributed by atoms with Crippen molar-refractivity contribution < 1.29 is 9.59 Å². The van der Waals surface area contributed by atoms with Gasteiger partial charge in [0.1, 0.15) is 23.3 Å². The number of aromatic nitrogens is 3. The van der Waals surface area contributed by atoms with E-state index in [2.05, 4.69) is 36.2 Å². The molecule has 1 aromatic carbocycles. The monoisotopic (exact) mass is 417 g/mol. The Kier molecular flexibility index (Phi) is 6.02. The summed E-state index contributed by atoms with van der Waals surface area (Å²) >= 11 is 0. The van der Waals surface area contributed by atoms with E-state index in [0.29, 0.717) is 48.4 Å². The molecule has 0 spiro atoms. The number of pyridine rings is 1. The van der Waals surface area contributed by atoms with E-state index < -0.39 is 0 Å². The first-order chi connectivity index (χ1) is 15.0. The summed E-state index contributed by atoms with van der Waals surface area (Å²) in [6.07, 6.45) is 2.66. The van der Waals surface area contributed by atoms with Crippen molar-refractivity contribution in [1.29, 1.82) is 0 Å². The number of hydrogen-bond donors (Lipinski definition) is 4. The highest BCUT2D eigenvalue weighted by Gasteiger charge is 2.24. The highest BCUT2D eigenvalue weighted by atomic mass is 16.2. The first-order valence-corrected chi connectivity index (χ1v) is 10.0. The Morgan fingerprint density at radius 1 is 1.00 bits per heavy atom. The lowest BCUT2D eigenvalue weighted by molar-refractivity contribution is -0.126. The van der Waals surface area contributed by atoms with Gasteiger partial charge in [-0.3, -0.25) is 9.59 Å². The van der Waals surface area contributed by atoms with Crippen molar-refractivity contribution in [2.24, 2.45) is 5.92 Å². The summed E-state index contributed by atoms with van der Waals surface area (Å²) in [6, 6.07) is 14.8. The maximum absolute atomic E-state index is 12.4. The number of aryl methyl sites for hydroxylation is 1. The minimum atomic E-state index is -0.204. The van der Waals surface area contributed by atoms with Crippen LogP contribution in [0.3, 0.4) is 0 Å². The Hall–Kier alpha value is -4.01. The van der Waals surface area contributed by atoms with Crippen LogP contribution in [-0.2, 0) is 9.59 Å². The van der Waals surface area contributed by atoms with E-state index in [1.165, 1.54) is 0 Å². The van der Waals surface area contributed by atoms with Crippen molar-refractivity contribution in [2.45, 2.75) is 19.8 Å². The third-order valence-corrected chi connectivity index (χ3v) is 4.82. The quantitative estimate of drug-likeness (QED) is 0.486. The highest BCUT2D eigenvalue weighted by Crippen LogP contribution is 2.22. The number of hydrogen-bond acceptors (Lipinski definition) is 7. The molecule has 2 amide bonds. The molecule has 4 N–H and O–H groups in total. The minimum absolute atomic E-state index is 0.00201. The molecule has 1 unspecified atom stereocenters. The van der Waals surface area contributed by atoms with Gasteiger partial charge < -0.3 is 21.3 Å². The van der Waals surface area contributed by atoms with E-state index in [4.69, 9.17) is 0 Å². The number of nitrogens with zero attached hydrogens (tertiary/aromatic N) is 3. The van der Waals surface area contributed by atoms with Crippen molar-refractivity contribution in [3.63, 3.8) is 0 Å². The van der Waals surface area contributed by atoms with Gasteiger partial charge in [-0.25, -0.2) is 15.0 Å². The van der Waals surface area contributed by atoms with Crippen LogP contribution in [0, 0.1) is 12.8 Å². The Balaban J connectivity index is 1.38. The number of nitrogens with one attached hydrogen (secondary N) is 4. The van der Waals surface area contributed by atoms with E-state index in [1.807, 2.05) is 49.4 Å². The molecule has 158 valence electrons. The number of piperidine rings is 1. The Morgan fingerprint density at radius 3 is 2.42 bits per heavy atom. The molecule has 0 bridgehead atoms. The van der Waals surface area contributed by atoms with Gasteiger partial charge in [-0.05, 0) is 49.7 Å². The molecule has 0 aliphatic carbocycles. The zero-order chi connectivity index (χ0) is 21.6. The lowest BCUT2D eigenvalue weighted by atomic mass is 9.98. The van der Waals surface area contributed by atoms with Gasteiger partial charge in [0.2, 0.25) is 11.8 Å². The summed E-state index contributed by atoms with van der Waals surface area (Å²) in [6.45, 7) is 2.20. The van der Waals surface area contributed by atoms with E-state index in [0.717, 1.165) is 5.69 Å². The predicted octanol–water partition coefficient (Wildman–Crippen LogP) is 3.13. The van der Waals surface area contributed by atoms with Crippen LogP contribution < -0.4 is 21.3 Å². The van der Waals surface area contributed by atoms with Crippen LogP contribution in [0.1, 0.15) is 18.7 Å². The number of carbonyl (C=O) groups excluding carboxylic acids is 2. The largest absolute Gasteiger partial charge is 0.355 e. The van der Waals surface area contributed by atoms with Gasteiger partial charge in [0, 0.05) is 36.6 Å². The van der Waals surface area contributed by atoms with Gasteiger partial charge in [-0.15, -0.1) is 0 Å². The van der Waals surface area contributed by atoms with Crippen molar-refractivity contribution >= 4 is 40.6 Å². The average Bonchev–Trinajstić information content (AvgIpc) is 2.76. The number of anilines is 5. The lowest BCUT2D eigenvalue weighted by Crippen LogP contribution is -2.40. The average molecular weight is 417 g/mol. The molecule has 1 saturated heterocycles. The Labute approximate surface area is 179 Å². The summed E-state index contributed by atoms with van der Waals surface area (Å²) < 4.78 is 0. The van der Waals surface area contributed by atoms with Crippen LogP contribution in [-0.4, -0.2) is 33.3 Å². The smallest absolute Gasteiger partial charge is 0.229 e. The maximum Gasteiger partial charge on any atom is 0.229 e. The van der Waals surface area contributed by atoms with E-state index in [9.17, 15) is 9.59 Å². The number of carbonyl (C=O) groups is 2. The molecule has 1 aliphatic rings. The number of rotatable bonds is 6. The first-order valence-electron chi connectivity index (χ1n) is 10.0. The van der Waals surface area contributed by atoms with Gasteiger partial charge in [0.25, 0.3) is 0 Å². The molecule has 9 heteroatoms. The first kappa shape index (κ1) is 20.3. The normalized spacial score (nSPS) is 15.6. The van der Waals surface area contributed by atoms with Crippen molar-refractivity contribution in [3.05, 3.63) is 60.6 Å². The predicted molar refractivity (Wildman–Crippen MR) is 118 cm³/mol. The molecule has 1 aliphatic heterocycles. The highest BCUT2D eigenvalue weighted by molar-refractivity contribution is 5.94. The van der Waals surface area contributed by atoms with E-state index in [-0.39, 0.29) is 17.7 Å². The molecule has 1 fully saturated rings. The summed E-state index contributed by atoms with van der Waals surface area (Å²) in [5.41, 5.74) is 1.52. The van der Waals surface area contributed by atoms with Gasteiger partial charge in [0.05, 0.1) is 5.92 Å². The SMILES string of the molecule is Cc1nc(Nc2ccc(NC(=O)C3CCC(=O)NC3)cc2)cc(Nc2ccccn2)n1. The van der Waals surface area contributed by atoms with Crippen molar-refractivity contribution in [2.75, 3.05) is 22.5 Å². The van der Waals surface area contributed by atoms with Crippen LogP contribution in [0.4, 0.5) is 28.8 Å². The molecule has 0 radical (unpaired) electrons. The summed E-state index contributed by atoms with van der Waals surface area (Å²) in [7, 11) is 0. The molecular weight excluding hydrogens is 394 g/mol. The zero-order valence-electron chi connectivity index (χ0n) is 17.1. The molecule has 1 atom stereocenters. The van der Waals surface area contributed by atoms with Crippen molar-refractivity contribution in [1.82, 2.24) is 20.3 Å². The standard InChI is InChI=1S/C22H23N7O2/c1-14-25-19(12-20(26-14)29-18-4-2-3-11-23-18)27-16-6-8-17(9-7-16)28-22(31)15-5-10-21(30)24-13-15/h2-4,6-9,11-12,15H,5,10,13H2,1H3,(H,24,30)(H,28,31)(H2,23,25,26,27,29). The van der Waals surface area contributed by atoms with Gasteiger partial charge in [-0.1, -0.05) is 6.07 Å². The topological polar surface area (TPSA) is 121 Å². The third kappa shape index (κ3) is 5.53. The Morgan fingerprint density at radius 2 is 1.74 bits per heavy atom. The van der Waals surface area contributed by atoms with Crippen LogP contribution in [0.15, 0.2) is 54.7 Å². The molecule has 4 rings (SSSR count).